The van der Waals surface area contributed by atoms with Crippen LogP contribution in [0, 0.1) is 5.82 Å². The van der Waals surface area contributed by atoms with Gasteiger partial charge in [-0.3, -0.25) is 0 Å². The number of aliphatic hydroxyl groups is 1. The van der Waals surface area contributed by atoms with Crippen LogP contribution in [0.25, 0.3) is 0 Å². The predicted molar refractivity (Wildman–Crippen MR) is 63.9 cm³/mol. The molecule has 1 aromatic rings. The summed E-state index contributed by atoms with van der Waals surface area (Å²) < 4.78 is 13.5. The monoisotopic (exact) mass is 226 g/mol. The lowest BCUT2D eigenvalue weighted by Gasteiger charge is -2.25. The zero-order valence-corrected chi connectivity index (χ0v) is 9.62. The minimum Gasteiger partial charge on any atom is -0.396 e. The SMILES string of the molecule is CCN(CCCO)c1cccc(F)c1CN. The molecule has 4 heteroatoms. The van der Waals surface area contributed by atoms with Crippen molar-refractivity contribution < 1.29 is 9.50 Å². The molecule has 1 rings (SSSR count). The van der Waals surface area contributed by atoms with Crippen LogP contribution in [0.2, 0.25) is 0 Å². The van der Waals surface area contributed by atoms with Gasteiger partial charge in [0.2, 0.25) is 0 Å². The lowest BCUT2D eigenvalue weighted by Crippen LogP contribution is -2.26. The summed E-state index contributed by atoms with van der Waals surface area (Å²) in [4.78, 5) is 2.03. The molecule has 0 unspecified atom stereocenters. The minimum absolute atomic E-state index is 0.143. The Bertz CT molecular complexity index is 331. The summed E-state index contributed by atoms with van der Waals surface area (Å²) in [7, 11) is 0. The van der Waals surface area contributed by atoms with Crippen molar-refractivity contribution in [2.45, 2.75) is 19.9 Å². The van der Waals surface area contributed by atoms with E-state index in [1.165, 1.54) is 6.07 Å². The molecule has 0 aliphatic heterocycles. The number of nitrogens with zero attached hydrogens (tertiary/aromatic N) is 1. The molecule has 0 atom stereocenters. The van der Waals surface area contributed by atoms with Crippen LogP contribution in [0.5, 0.6) is 0 Å². The molecule has 1 aromatic carbocycles. The Morgan fingerprint density at radius 3 is 2.75 bits per heavy atom. The van der Waals surface area contributed by atoms with E-state index in [1.54, 1.807) is 6.07 Å². The van der Waals surface area contributed by atoms with Crippen LogP contribution in [-0.4, -0.2) is 24.8 Å². The number of anilines is 1. The lowest BCUT2D eigenvalue weighted by molar-refractivity contribution is 0.289. The molecule has 0 heterocycles. The summed E-state index contributed by atoms with van der Waals surface area (Å²) in [6, 6.07) is 4.98. The van der Waals surface area contributed by atoms with Gasteiger partial charge in [0, 0.05) is 37.5 Å². The molecule has 16 heavy (non-hydrogen) atoms. The highest BCUT2D eigenvalue weighted by Gasteiger charge is 2.11. The zero-order chi connectivity index (χ0) is 12.0. The van der Waals surface area contributed by atoms with Crippen molar-refractivity contribution in [1.82, 2.24) is 0 Å². The zero-order valence-electron chi connectivity index (χ0n) is 9.62. The predicted octanol–water partition coefficient (Wildman–Crippen LogP) is 1.49. The molecule has 0 radical (unpaired) electrons. The number of hydrogen-bond acceptors (Lipinski definition) is 3. The quantitative estimate of drug-likeness (QED) is 0.772. The highest BCUT2D eigenvalue weighted by molar-refractivity contribution is 5.54. The number of halogens is 1. The summed E-state index contributed by atoms with van der Waals surface area (Å²) in [6.07, 6.45) is 0.675. The van der Waals surface area contributed by atoms with E-state index in [-0.39, 0.29) is 19.0 Å². The van der Waals surface area contributed by atoms with Crippen molar-refractivity contribution in [3.8, 4) is 0 Å². The average molecular weight is 226 g/mol. The fourth-order valence-electron chi connectivity index (χ4n) is 1.76. The summed E-state index contributed by atoms with van der Waals surface area (Å²) in [6.45, 7) is 3.82. The molecule has 90 valence electrons. The standard InChI is InChI=1S/C12H19FN2O/c1-2-15(7-4-8-16)12-6-3-5-11(13)10(12)9-14/h3,5-6,16H,2,4,7-9,14H2,1H3. The second-order valence-corrected chi connectivity index (χ2v) is 3.60. The van der Waals surface area contributed by atoms with Crippen molar-refractivity contribution in [3.63, 3.8) is 0 Å². The molecule has 0 aliphatic rings. The van der Waals surface area contributed by atoms with E-state index in [0.717, 1.165) is 12.2 Å². The van der Waals surface area contributed by atoms with Gasteiger partial charge in [-0.15, -0.1) is 0 Å². The van der Waals surface area contributed by atoms with E-state index in [4.69, 9.17) is 10.8 Å². The first-order valence-corrected chi connectivity index (χ1v) is 5.57. The van der Waals surface area contributed by atoms with Crippen molar-refractivity contribution in [2.24, 2.45) is 5.73 Å². The first kappa shape index (κ1) is 12.9. The maximum atomic E-state index is 13.5. The van der Waals surface area contributed by atoms with Gasteiger partial charge in [0.25, 0.3) is 0 Å². The van der Waals surface area contributed by atoms with Crippen molar-refractivity contribution in [2.75, 3.05) is 24.6 Å². The Morgan fingerprint density at radius 1 is 1.44 bits per heavy atom. The van der Waals surface area contributed by atoms with Crippen molar-refractivity contribution in [3.05, 3.63) is 29.6 Å². The van der Waals surface area contributed by atoms with Crippen LogP contribution >= 0.6 is 0 Å². The molecule has 0 aromatic heterocycles. The van der Waals surface area contributed by atoms with Gasteiger partial charge in [0.1, 0.15) is 5.82 Å². The molecule has 3 N–H and O–H groups in total. The van der Waals surface area contributed by atoms with E-state index < -0.39 is 0 Å². The van der Waals surface area contributed by atoms with E-state index in [1.807, 2.05) is 17.9 Å². The first-order chi connectivity index (χ1) is 7.74. The third-order valence-electron chi connectivity index (χ3n) is 2.61. The molecular formula is C12H19FN2O. The maximum absolute atomic E-state index is 13.5. The summed E-state index contributed by atoms with van der Waals surface area (Å²) in [5.41, 5.74) is 6.93. The number of nitrogens with two attached hydrogens (primary N) is 1. The number of benzene rings is 1. The molecular weight excluding hydrogens is 207 g/mol. The number of rotatable bonds is 6. The van der Waals surface area contributed by atoms with Gasteiger partial charge in [-0.25, -0.2) is 4.39 Å². The van der Waals surface area contributed by atoms with Crippen LogP contribution < -0.4 is 10.6 Å². The van der Waals surface area contributed by atoms with Gasteiger partial charge in [0.15, 0.2) is 0 Å². The molecule has 0 aliphatic carbocycles. The largest absolute Gasteiger partial charge is 0.396 e. The van der Waals surface area contributed by atoms with Gasteiger partial charge in [-0.1, -0.05) is 6.07 Å². The number of hydrogen-bond donors (Lipinski definition) is 2. The summed E-state index contributed by atoms with van der Waals surface area (Å²) >= 11 is 0. The highest BCUT2D eigenvalue weighted by atomic mass is 19.1. The van der Waals surface area contributed by atoms with Gasteiger partial charge >= 0.3 is 0 Å². The Labute approximate surface area is 95.7 Å². The van der Waals surface area contributed by atoms with Gasteiger partial charge in [0.05, 0.1) is 0 Å². The van der Waals surface area contributed by atoms with E-state index in [0.29, 0.717) is 18.5 Å². The molecule has 0 fully saturated rings. The molecule has 0 amide bonds. The average Bonchev–Trinajstić information content (AvgIpc) is 2.30. The van der Waals surface area contributed by atoms with E-state index >= 15 is 0 Å². The Balaban J connectivity index is 2.94. The Morgan fingerprint density at radius 2 is 2.19 bits per heavy atom. The molecule has 0 bridgehead atoms. The molecule has 0 saturated heterocycles. The highest BCUT2D eigenvalue weighted by Crippen LogP contribution is 2.22. The van der Waals surface area contributed by atoms with Gasteiger partial charge in [-0.2, -0.15) is 0 Å². The Hall–Kier alpha value is -1.13. The third kappa shape index (κ3) is 2.93. The van der Waals surface area contributed by atoms with Crippen LogP contribution in [0.3, 0.4) is 0 Å². The van der Waals surface area contributed by atoms with Crippen molar-refractivity contribution in [1.29, 1.82) is 0 Å². The summed E-state index contributed by atoms with van der Waals surface area (Å²) in [5.74, 6) is -0.262. The maximum Gasteiger partial charge on any atom is 0.129 e. The van der Waals surface area contributed by atoms with Crippen LogP contribution in [0.1, 0.15) is 18.9 Å². The van der Waals surface area contributed by atoms with Crippen LogP contribution in [0.15, 0.2) is 18.2 Å². The van der Waals surface area contributed by atoms with Crippen molar-refractivity contribution >= 4 is 5.69 Å². The molecule has 3 nitrogen and oxygen atoms in total. The van der Waals surface area contributed by atoms with E-state index in [2.05, 4.69) is 0 Å². The minimum atomic E-state index is -0.262. The van der Waals surface area contributed by atoms with Crippen LogP contribution in [-0.2, 0) is 6.54 Å². The first-order valence-electron chi connectivity index (χ1n) is 5.57. The molecule has 0 saturated carbocycles. The normalized spacial score (nSPS) is 10.5. The second kappa shape index (κ2) is 6.45. The topological polar surface area (TPSA) is 49.5 Å². The fraction of sp³-hybridized carbons (Fsp3) is 0.500. The van der Waals surface area contributed by atoms with Gasteiger partial charge < -0.3 is 15.7 Å². The van der Waals surface area contributed by atoms with Crippen LogP contribution in [0.4, 0.5) is 10.1 Å². The molecule has 0 spiro atoms. The fourth-order valence-corrected chi connectivity index (χ4v) is 1.76. The Kier molecular flexibility index (Phi) is 5.22. The smallest absolute Gasteiger partial charge is 0.129 e. The lowest BCUT2D eigenvalue weighted by atomic mass is 10.1. The van der Waals surface area contributed by atoms with E-state index in [9.17, 15) is 4.39 Å². The summed E-state index contributed by atoms with van der Waals surface area (Å²) in [5, 5.41) is 8.81. The second-order valence-electron chi connectivity index (χ2n) is 3.60. The number of aliphatic hydroxyl groups excluding tert-OH is 1. The van der Waals surface area contributed by atoms with Gasteiger partial charge in [-0.05, 0) is 25.5 Å². The third-order valence-corrected chi connectivity index (χ3v) is 2.61.